The van der Waals surface area contributed by atoms with Crippen LogP contribution in [0.15, 0.2) is 41.1 Å². The minimum atomic E-state index is -3.44. The second-order valence-corrected chi connectivity index (χ2v) is 12.0. The first-order valence-corrected chi connectivity index (χ1v) is 13.5. The van der Waals surface area contributed by atoms with Gasteiger partial charge in [0.25, 0.3) is 0 Å². The molecule has 4 saturated carbocycles. The predicted octanol–water partition coefficient (Wildman–Crippen LogP) is 5.11. The van der Waals surface area contributed by atoms with E-state index < -0.39 is 9.84 Å². The van der Waals surface area contributed by atoms with Gasteiger partial charge >= 0.3 is 0 Å². The van der Waals surface area contributed by atoms with E-state index in [1.54, 1.807) is 24.3 Å². The summed E-state index contributed by atoms with van der Waals surface area (Å²) < 4.78 is 44.6. The lowest BCUT2D eigenvalue weighted by Gasteiger charge is -2.52. The van der Waals surface area contributed by atoms with Crippen LogP contribution in [0.1, 0.15) is 71.1 Å². The van der Waals surface area contributed by atoms with Crippen molar-refractivity contribution in [1.82, 2.24) is 5.32 Å². The molecule has 5 nitrogen and oxygen atoms in total. The SMILES string of the molecule is CC/C(=C\F)COc1ccc(S(=O)(=O)CC23CCC(C(=O)NC4CCC4)(CC2)CC3)cc1. The molecule has 1 aromatic carbocycles. The van der Waals surface area contributed by atoms with Crippen LogP contribution in [0.25, 0.3) is 0 Å². The van der Waals surface area contributed by atoms with Gasteiger partial charge in [-0.15, -0.1) is 0 Å². The first-order valence-electron chi connectivity index (χ1n) is 11.8. The third kappa shape index (κ3) is 4.73. The number of hydrogen-bond donors (Lipinski definition) is 1. The van der Waals surface area contributed by atoms with Gasteiger partial charge in [-0.1, -0.05) is 6.92 Å². The van der Waals surface area contributed by atoms with E-state index in [0.717, 1.165) is 51.4 Å². The average molecular weight is 464 g/mol. The van der Waals surface area contributed by atoms with Gasteiger partial charge < -0.3 is 10.1 Å². The van der Waals surface area contributed by atoms with Crippen LogP contribution in [0, 0.1) is 10.8 Å². The van der Waals surface area contributed by atoms with Crippen molar-refractivity contribution in [3.63, 3.8) is 0 Å². The van der Waals surface area contributed by atoms with Crippen molar-refractivity contribution in [3.05, 3.63) is 36.2 Å². The van der Waals surface area contributed by atoms with Crippen LogP contribution in [0.2, 0.25) is 0 Å². The summed E-state index contributed by atoms with van der Waals surface area (Å²) in [5.41, 5.74) is 0.0350. The summed E-state index contributed by atoms with van der Waals surface area (Å²) in [7, 11) is -3.44. The Morgan fingerprint density at radius 3 is 2.25 bits per heavy atom. The molecule has 1 amide bonds. The van der Waals surface area contributed by atoms with Crippen molar-refractivity contribution >= 4 is 15.7 Å². The summed E-state index contributed by atoms with van der Waals surface area (Å²) in [6.07, 6.45) is 9.22. The van der Waals surface area contributed by atoms with Crippen LogP contribution in [0.4, 0.5) is 4.39 Å². The molecule has 4 fully saturated rings. The summed E-state index contributed by atoms with van der Waals surface area (Å²) in [4.78, 5) is 13.2. The van der Waals surface area contributed by atoms with Crippen molar-refractivity contribution in [3.8, 4) is 5.75 Å². The molecule has 0 aromatic heterocycles. The second kappa shape index (κ2) is 9.16. The van der Waals surface area contributed by atoms with Gasteiger partial charge in [0.05, 0.1) is 17.0 Å². The molecular formula is C25H34FNO4S. The Morgan fingerprint density at radius 2 is 1.75 bits per heavy atom. The summed E-state index contributed by atoms with van der Waals surface area (Å²) in [6, 6.07) is 6.77. The lowest BCUT2D eigenvalue weighted by Crippen LogP contribution is -2.54. The minimum absolute atomic E-state index is 0.130. The van der Waals surface area contributed by atoms with E-state index in [9.17, 15) is 17.6 Å². The van der Waals surface area contributed by atoms with E-state index >= 15 is 0 Å². The Labute approximate surface area is 190 Å². The number of nitrogens with one attached hydrogen (secondary N) is 1. The number of ether oxygens (including phenoxy) is 1. The van der Waals surface area contributed by atoms with Crippen molar-refractivity contribution in [1.29, 1.82) is 0 Å². The number of carbonyl (C=O) groups excluding carboxylic acids is 1. The molecule has 0 spiro atoms. The molecule has 0 radical (unpaired) electrons. The number of amides is 1. The number of benzene rings is 1. The largest absolute Gasteiger partial charge is 0.489 e. The van der Waals surface area contributed by atoms with E-state index in [1.807, 2.05) is 6.92 Å². The highest BCUT2D eigenvalue weighted by molar-refractivity contribution is 7.91. The molecule has 5 rings (SSSR count). The fraction of sp³-hybridized carbons (Fsp3) is 0.640. The summed E-state index contributed by atoms with van der Waals surface area (Å²) in [5.74, 6) is 0.848. The topological polar surface area (TPSA) is 72.5 Å². The summed E-state index contributed by atoms with van der Waals surface area (Å²) in [5, 5.41) is 3.23. The third-order valence-corrected chi connectivity index (χ3v) is 10.0. The molecule has 0 saturated heterocycles. The molecule has 32 heavy (non-hydrogen) atoms. The highest BCUT2D eigenvalue weighted by Gasteiger charge is 2.53. The monoisotopic (exact) mass is 463 g/mol. The molecule has 1 aromatic rings. The molecule has 0 atom stereocenters. The molecule has 0 heterocycles. The predicted molar refractivity (Wildman–Crippen MR) is 122 cm³/mol. The van der Waals surface area contributed by atoms with Crippen molar-refractivity contribution < 1.29 is 22.3 Å². The maximum Gasteiger partial charge on any atom is 0.226 e. The lowest BCUT2D eigenvalue weighted by molar-refractivity contribution is -0.141. The van der Waals surface area contributed by atoms with E-state index in [2.05, 4.69) is 5.32 Å². The lowest BCUT2D eigenvalue weighted by atomic mass is 9.54. The summed E-state index contributed by atoms with van der Waals surface area (Å²) in [6.45, 7) is 2.00. The van der Waals surface area contributed by atoms with Crippen LogP contribution >= 0.6 is 0 Å². The van der Waals surface area contributed by atoms with Crippen molar-refractivity contribution in [2.75, 3.05) is 12.4 Å². The van der Waals surface area contributed by atoms with Gasteiger partial charge in [-0.25, -0.2) is 12.8 Å². The first kappa shape index (κ1) is 23.3. The molecule has 4 aliphatic carbocycles. The Balaban J connectivity index is 1.36. The number of fused-ring (bicyclic) bond motifs is 3. The number of carbonyl (C=O) groups is 1. The zero-order valence-corrected chi connectivity index (χ0v) is 19.7. The number of hydrogen-bond acceptors (Lipinski definition) is 4. The Kier molecular flexibility index (Phi) is 6.66. The smallest absolute Gasteiger partial charge is 0.226 e. The van der Waals surface area contributed by atoms with Crippen molar-refractivity contribution in [2.45, 2.75) is 82.1 Å². The molecule has 2 bridgehead atoms. The zero-order valence-electron chi connectivity index (χ0n) is 18.9. The minimum Gasteiger partial charge on any atom is -0.489 e. The van der Waals surface area contributed by atoms with Crippen LogP contribution in [-0.4, -0.2) is 32.7 Å². The van der Waals surface area contributed by atoms with Gasteiger partial charge in [0.1, 0.15) is 12.4 Å². The quantitative estimate of drug-likeness (QED) is 0.552. The van der Waals surface area contributed by atoms with Gasteiger partial charge in [-0.3, -0.25) is 4.79 Å². The molecule has 0 aliphatic heterocycles. The van der Waals surface area contributed by atoms with Gasteiger partial charge in [0, 0.05) is 11.5 Å². The van der Waals surface area contributed by atoms with E-state index in [-0.39, 0.29) is 29.1 Å². The highest BCUT2D eigenvalue weighted by atomic mass is 32.2. The fourth-order valence-electron chi connectivity index (χ4n) is 5.33. The first-order chi connectivity index (χ1) is 15.3. The zero-order chi connectivity index (χ0) is 22.8. The normalized spacial score (nSPS) is 28.2. The Bertz CT molecular complexity index is 942. The molecule has 4 aliphatic rings. The maximum absolute atomic E-state index is 13.2. The number of rotatable bonds is 9. The number of halogens is 1. The maximum atomic E-state index is 13.2. The molecule has 7 heteroatoms. The molecule has 0 unspecified atom stereocenters. The van der Waals surface area contributed by atoms with Gasteiger partial charge in [-0.05, 0) is 99.5 Å². The third-order valence-electron chi connectivity index (χ3n) is 8.04. The van der Waals surface area contributed by atoms with Crippen LogP contribution < -0.4 is 10.1 Å². The van der Waals surface area contributed by atoms with Crippen molar-refractivity contribution in [2.24, 2.45) is 10.8 Å². The standard InChI is InChI=1S/C25H34FNO4S/c1-2-19(16-26)17-31-21-6-8-22(9-7-21)32(29,30)18-24-10-13-25(14-11-24,15-12-24)23(28)27-20-4-3-5-20/h6-9,16,20H,2-5,10-15,17-18H2,1H3,(H,27,28)/b19-16+. The summed E-state index contributed by atoms with van der Waals surface area (Å²) >= 11 is 0. The number of sulfone groups is 1. The van der Waals surface area contributed by atoms with Gasteiger partial charge in [-0.2, -0.15) is 0 Å². The van der Waals surface area contributed by atoms with Crippen LogP contribution in [-0.2, 0) is 14.6 Å². The van der Waals surface area contributed by atoms with Crippen LogP contribution in [0.5, 0.6) is 5.75 Å². The van der Waals surface area contributed by atoms with Crippen LogP contribution in [0.3, 0.4) is 0 Å². The Morgan fingerprint density at radius 1 is 1.12 bits per heavy atom. The molecule has 176 valence electrons. The van der Waals surface area contributed by atoms with E-state index in [4.69, 9.17) is 4.74 Å². The molecule has 1 N–H and O–H groups in total. The van der Waals surface area contributed by atoms with E-state index in [1.165, 1.54) is 6.42 Å². The average Bonchev–Trinajstić information content (AvgIpc) is 2.78. The molecular weight excluding hydrogens is 429 g/mol. The van der Waals surface area contributed by atoms with E-state index in [0.29, 0.717) is 35.0 Å². The second-order valence-electron chi connectivity index (χ2n) is 10.0. The van der Waals surface area contributed by atoms with Gasteiger partial charge in [0.15, 0.2) is 9.84 Å². The highest BCUT2D eigenvalue weighted by Crippen LogP contribution is 2.57. The fourth-order valence-corrected chi connectivity index (χ4v) is 7.28. The Hall–Kier alpha value is -1.89. The van der Waals surface area contributed by atoms with Gasteiger partial charge in [0.2, 0.25) is 5.91 Å².